The number of hydrogen-bond donors (Lipinski definition) is 1. The van der Waals surface area contributed by atoms with Crippen molar-refractivity contribution < 1.29 is 0 Å². The van der Waals surface area contributed by atoms with Gasteiger partial charge in [0.2, 0.25) is 0 Å². The molecule has 0 radical (unpaired) electrons. The van der Waals surface area contributed by atoms with Crippen molar-refractivity contribution in [3.05, 3.63) is 42.1 Å². The Bertz CT molecular complexity index is 485. The molecule has 2 rings (SSSR count). The van der Waals surface area contributed by atoms with Gasteiger partial charge in [0.05, 0.1) is 10.5 Å². The monoisotopic (exact) mass is 238 g/mol. The zero-order chi connectivity index (χ0) is 9.97. The van der Waals surface area contributed by atoms with Crippen molar-refractivity contribution in [2.24, 2.45) is 5.73 Å². The van der Waals surface area contributed by atoms with Gasteiger partial charge in [0, 0.05) is 17.5 Å². The molecule has 0 unspecified atom stereocenters. The summed E-state index contributed by atoms with van der Waals surface area (Å²) in [7, 11) is 0. The van der Waals surface area contributed by atoms with E-state index in [1.165, 1.54) is 0 Å². The van der Waals surface area contributed by atoms with Gasteiger partial charge in [0.15, 0.2) is 0 Å². The highest BCUT2D eigenvalue weighted by Gasteiger charge is 1.98. The maximum atomic E-state index is 5.46. The third kappa shape index (κ3) is 2.88. The molecule has 0 aliphatic heterocycles. The smallest absolute Gasteiger partial charge is 0.0787 e. The Kier molecular flexibility index (Phi) is 4.00. The first kappa shape index (κ1) is 11.9. The van der Waals surface area contributed by atoms with Crippen LogP contribution in [0.5, 0.6) is 0 Å². The first-order chi connectivity index (χ1) is 6.75. The highest BCUT2D eigenvalue weighted by Crippen LogP contribution is 2.11. The van der Waals surface area contributed by atoms with Crippen molar-refractivity contribution in [3.63, 3.8) is 0 Å². The third-order valence-corrected chi connectivity index (χ3v) is 2.16. The van der Waals surface area contributed by atoms with Crippen LogP contribution in [0.2, 0.25) is 0 Å². The summed E-state index contributed by atoms with van der Waals surface area (Å²) in [5, 5.41) is 1.14. The number of nitrogens with two attached hydrogens (primary N) is 1. The van der Waals surface area contributed by atoms with E-state index in [1.54, 1.807) is 0 Å². The molecule has 2 aromatic rings. The first-order valence-corrected chi connectivity index (χ1v) is 4.79. The molecule has 0 fully saturated rings. The van der Waals surface area contributed by atoms with Gasteiger partial charge in [0.25, 0.3) is 0 Å². The van der Waals surface area contributed by atoms with Crippen LogP contribution < -0.4 is 5.73 Å². The molecule has 0 atom stereocenters. The first-order valence-electron chi connectivity index (χ1n) is 4.39. The van der Waals surface area contributed by atoms with Crippen LogP contribution >= 0.6 is 24.6 Å². The minimum absolute atomic E-state index is 0. The molecule has 0 aliphatic carbocycles. The number of halogens is 1. The van der Waals surface area contributed by atoms with E-state index in [2.05, 4.69) is 4.98 Å². The van der Waals surface area contributed by atoms with Gasteiger partial charge in [0.1, 0.15) is 0 Å². The zero-order valence-electron chi connectivity index (χ0n) is 8.01. The van der Waals surface area contributed by atoms with E-state index in [0.29, 0.717) is 11.4 Å². The van der Waals surface area contributed by atoms with E-state index in [4.69, 9.17) is 18.0 Å². The average molecular weight is 239 g/mol. The minimum atomic E-state index is 0. The predicted octanol–water partition coefficient (Wildman–Crippen LogP) is 2.49. The molecule has 0 amide bonds. The van der Waals surface area contributed by atoms with Crippen LogP contribution in [0.4, 0.5) is 0 Å². The molecule has 0 aliphatic rings. The lowest BCUT2D eigenvalue weighted by molar-refractivity contribution is 1.18. The fourth-order valence-corrected chi connectivity index (χ4v) is 1.53. The Morgan fingerprint density at radius 2 is 1.93 bits per heavy atom. The molecule has 2 N–H and O–H groups in total. The Balaban J connectivity index is 0.00000112. The summed E-state index contributed by atoms with van der Waals surface area (Å²) in [4.78, 5) is 4.93. The molecule has 0 spiro atoms. The number of hydrogen-bond acceptors (Lipinski definition) is 2. The normalized spacial score (nSPS) is 9.60. The summed E-state index contributed by atoms with van der Waals surface area (Å²) in [6, 6.07) is 12.0. The number of pyridine rings is 1. The molecular formula is C11H11ClN2S. The zero-order valence-corrected chi connectivity index (χ0v) is 9.65. The van der Waals surface area contributed by atoms with E-state index < -0.39 is 0 Å². The molecule has 15 heavy (non-hydrogen) atoms. The van der Waals surface area contributed by atoms with Crippen LogP contribution in [0.25, 0.3) is 10.9 Å². The van der Waals surface area contributed by atoms with Crippen molar-refractivity contribution in [2.45, 2.75) is 6.42 Å². The fourth-order valence-electron chi connectivity index (χ4n) is 1.39. The van der Waals surface area contributed by atoms with Crippen molar-refractivity contribution in [2.75, 3.05) is 0 Å². The highest BCUT2D eigenvalue weighted by atomic mass is 35.5. The Morgan fingerprint density at radius 1 is 1.20 bits per heavy atom. The molecular weight excluding hydrogens is 228 g/mol. The fraction of sp³-hybridized carbons (Fsp3) is 0.0909. The summed E-state index contributed by atoms with van der Waals surface area (Å²) in [5.41, 5.74) is 7.37. The molecule has 1 aromatic heterocycles. The largest absolute Gasteiger partial charge is 0.393 e. The second-order valence-corrected chi connectivity index (χ2v) is 3.66. The van der Waals surface area contributed by atoms with Crippen molar-refractivity contribution >= 4 is 40.5 Å². The number of para-hydroxylation sites is 1. The minimum Gasteiger partial charge on any atom is -0.393 e. The van der Waals surface area contributed by atoms with Gasteiger partial charge in [-0.05, 0) is 12.1 Å². The Labute approximate surface area is 99.9 Å². The maximum Gasteiger partial charge on any atom is 0.0787 e. The lowest BCUT2D eigenvalue weighted by atomic mass is 10.2. The molecule has 0 bridgehead atoms. The molecule has 78 valence electrons. The molecule has 0 saturated heterocycles. The van der Waals surface area contributed by atoms with Gasteiger partial charge < -0.3 is 5.73 Å². The molecule has 4 heteroatoms. The van der Waals surface area contributed by atoms with E-state index in [0.717, 1.165) is 16.6 Å². The molecule has 2 nitrogen and oxygen atoms in total. The number of fused-ring (bicyclic) bond motifs is 1. The topological polar surface area (TPSA) is 38.9 Å². The van der Waals surface area contributed by atoms with Crippen LogP contribution in [0.1, 0.15) is 5.69 Å². The number of nitrogens with zero attached hydrogens (tertiary/aromatic N) is 1. The lowest BCUT2D eigenvalue weighted by Gasteiger charge is -2.01. The number of aromatic nitrogens is 1. The van der Waals surface area contributed by atoms with Gasteiger partial charge in [-0.15, -0.1) is 12.4 Å². The van der Waals surface area contributed by atoms with E-state index in [1.807, 2.05) is 36.4 Å². The highest BCUT2D eigenvalue weighted by molar-refractivity contribution is 7.80. The van der Waals surface area contributed by atoms with Crippen molar-refractivity contribution in [3.8, 4) is 0 Å². The number of thiocarbonyl (C=S) groups is 1. The quantitative estimate of drug-likeness (QED) is 0.817. The van der Waals surface area contributed by atoms with Gasteiger partial charge in [-0.25, -0.2) is 0 Å². The van der Waals surface area contributed by atoms with Gasteiger partial charge in [-0.1, -0.05) is 36.5 Å². The van der Waals surface area contributed by atoms with Crippen LogP contribution in [-0.2, 0) is 6.42 Å². The van der Waals surface area contributed by atoms with Crippen LogP contribution in [-0.4, -0.2) is 9.97 Å². The Hall–Kier alpha value is -1.19. The van der Waals surface area contributed by atoms with Crippen LogP contribution in [0, 0.1) is 0 Å². The van der Waals surface area contributed by atoms with Crippen molar-refractivity contribution in [1.29, 1.82) is 0 Å². The standard InChI is InChI=1S/C11H10N2S.ClH/c12-11(14)7-9-6-5-8-3-1-2-4-10(8)13-9;/h1-6H,7H2,(H2,12,14);1H. The van der Waals surface area contributed by atoms with Gasteiger partial charge in [-0.2, -0.15) is 0 Å². The summed E-state index contributed by atoms with van der Waals surface area (Å²) in [5.74, 6) is 0. The van der Waals surface area contributed by atoms with E-state index in [-0.39, 0.29) is 12.4 Å². The van der Waals surface area contributed by atoms with E-state index in [9.17, 15) is 0 Å². The van der Waals surface area contributed by atoms with E-state index >= 15 is 0 Å². The SMILES string of the molecule is Cl.NC(=S)Cc1ccc2ccccc2n1. The summed E-state index contributed by atoms with van der Waals surface area (Å²) < 4.78 is 0. The summed E-state index contributed by atoms with van der Waals surface area (Å²) in [6.07, 6.45) is 0.570. The lowest BCUT2D eigenvalue weighted by Crippen LogP contribution is -2.11. The molecule has 0 saturated carbocycles. The van der Waals surface area contributed by atoms with Crippen LogP contribution in [0.15, 0.2) is 36.4 Å². The average Bonchev–Trinajstić information content (AvgIpc) is 2.17. The second kappa shape index (κ2) is 5.05. The summed E-state index contributed by atoms with van der Waals surface area (Å²) >= 11 is 4.84. The number of rotatable bonds is 2. The molecule has 1 aromatic carbocycles. The second-order valence-electron chi connectivity index (χ2n) is 3.14. The third-order valence-electron chi connectivity index (χ3n) is 2.01. The predicted molar refractivity (Wildman–Crippen MR) is 69.5 cm³/mol. The number of benzene rings is 1. The summed E-state index contributed by atoms with van der Waals surface area (Å²) in [6.45, 7) is 0. The maximum absolute atomic E-state index is 5.46. The van der Waals surface area contributed by atoms with Crippen LogP contribution in [0.3, 0.4) is 0 Å². The van der Waals surface area contributed by atoms with Gasteiger partial charge >= 0.3 is 0 Å². The molecule has 1 heterocycles. The Morgan fingerprint density at radius 3 is 2.67 bits per heavy atom. The van der Waals surface area contributed by atoms with Crippen molar-refractivity contribution in [1.82, 2.24) is 4.98 Å². The van der Waals surface area contributed by atoms with Gasteiger partial charge in [-0.3, -0.25) is 4.98 Å².